The minimum atomic E-state index is -0.180. The lowest BCUT2D eigenvalue weighted by molar-refractivity contribution is -0.122. The summed E-state index contributed by atoms with van der Waals surface area (Å²) in [6.45, 7) is 0. The van der Waals surface area contributed by atoms with E-state index in [9.17, 15) is 9.90 Å². The molecule has 1 fully saturated rings. The molecule has 1 aliphatic carbocycles. The number of rotatable bonds is 4. The van der Waals surface area contributed by atoms with Gasteiger partial charge in [-0.25, -0.2) is 0 Å². The number of benzene rings is 1. The van der Waals surface area contributed by atoms with E-state index in [0.29, 0.717) is 12.8 Å². The van der Waals surface area contributed by atoms with Gasteiger partial charge < -0.3 is 16.2 Å². The second-order valence-electron chi connectivity index (χ2n) is 5.32. The third-order valence-corrected chi connectivity index (χ3v) is 3.65. The Morgan fingerprint density at radius 1 is 1.32 bits per heavy atom. The van der Waals surface area contributed by atoms with Crippen LogP contribution < -0.4 is 11.1 Å². The Morgan fingerprint density at radius 3 is 2.74 bits per heavy atom. The van der Waals surface area contributed by atoms with Crippen molar-refractivity contribution in [2.45, 2.75) is 50.7 Å². The molecule has 4 nitrogen and oxygen atoms in total. The Bertz CT molecular complexity index is 426. The van der Waals surface area contributed by atoms with E-state index in [1.54, 1.807) is 0 Å². The predicted octanol–water partition coefficient (Wildman–Crippen LogP) is 1.62. The number of aliphatic hydroxyl groups excluding tert-OH is 1. The SMILES string of the molecule is Nc1cccc(CCC(=O)NC2CCC(O)CC2)c1. The minimum Gasteiger partial charge on any atom is -0.399 e. The highest BCUT2D eigenvalue weighted by Crippen LogP contribution is 2.18. The van der Waals surface area contributed by atoms with Crippen LogP contribution >= 0.6 is 0 Å². The number of carbonyl (C=O) groups is 1. The van der Waals surface area contributed by atoms with Crippen molar-refractivity contribution in [1.29, 1.82) is 0 Å². The molecule has 0 radical (unpaired) electrons. The average Bonchev–Trinajstić information content (AvgIpc) is 2.39. The van der Waals surface area contributed by atoms with Crippen LogP contribution in [0.15, 0.2) is 24.3 Å². The van der Waals surface area contributed by atoms with Crippen LogP contribution in [0.3, 0.4) is 0 Å². The van der Waals surface area contributed by atoms with Crippen molar-refractivity contribution in [3.63, 3.8) is 0 Å². The van der Waals surface area contributed by atoms with E-state index in [1.807, 2.05) is 24.3 Å². The molecule has 1 aromatic rings. The number of hydrogen-bond acceptors (Lipinski definition) is 3. The predicted molar refractivity (Wildman–Crippen MR) is 75.6 cm³/mol. The molecular formula is C15H22N2O2. The fourth-order valence-electron chi connectivity index (χ4n) is 2.53. The number of aryl methyl sites for hydroxylation is 1. The fourth-order valence-corrected chi connectivity index (χ4v) is 2.53. The summed E-state index contributed by atoms with van der Waals surface area (Å²) in [7, 11) is 0. The quantitative estimate of drug-likeness (QED) is 0.722. The van der Waals surface area contributed by atoms with Crippen molar-refractivity contribution in [3.8, 4) is 0 Å². The first-order chi connectivity index (χ1) is 9.13. The lowest BCUT2D eigenvalue weighted by Crippen LogP contribution is -2.38. The molecule has 0 aliphatic heterocycles. The number of aliphatic hydroxyl groups is 1. The molecule has 1 amide bonds. The molecule has 4 heteroatoms. The number of anilines is 1. The Balaban J connectivity index is 1.73. The highest BCUT2D eigenvalue weighted by Gasteiger charge is 2.20. The van der Waals surface area contributed by atoms with Gasteiger partial charge in [0.05, 0.1) is 6.10 Å². The maximum Gasteiger partial charge on any atom is 0.220 e. The van der Waals surface area contributed by atoms with Gasteiger partial charge in [-0.15, -0.1) is 0 Å². The van der Waals surface area contributed by atoms with Crippen LogP contribution in [0.1, 0.15) is 37.7 Å². The van der Waals surface area contributed by atoms with Crippen molar-refractivity contribution in [2.24, 2.45) is 0 Å². The standard InChI is InChI=1S/C15H22N2O2/c16-12-3-1-2-11(10-12)4-9-15(19)17-13-5-7-14(18)8-6-13/h1-3,10,13-14,18H,4-9,16H2,(H,17,19). The molecule has 0 unspecified atom stereocenters. The highest BCUT2D eigenvalue weighted by molar-refractivity contribution is 5.76. The molecule has 19 heavy (non-hydrogen) atoms. The van der Waals surface area contributed by atoms with Crippen LogP contribution in [-0.2, 0) is 11.2 Å². The monoisotopic (exact) mass is 262 g/mol. The van der Waals surface area contributed by atoms with E-state index in [1.165, 1.54) is 0 Å². The van der Waals surface area contributed by atoms with Crippen molar-refractivity contribution < 1.29 is 9.90 Å². The summed E-state index contributed by atoms with van der Waals surface area (Å²) in [4.78, 5) is 11.8. The molecule has 104 valence electrons. The van der Waals surface area contributed by atoms with Gasteiger partial charge >= 0.3 is 0 Å². The molecule has 1 saturated carbocycles. The summed E-state index contributed by atoms with van der Waals surface area (Å²) in [5.74, 6) is 0.0869. The van der Waals surface area contributed by atoms with E-state index in [2.05, 4.69) is 5.32 Å². The summed E-state index contributed by atoms with van der Waals surface area (Å²) >= 11 is 0. The van der Waals surface area contributed by atoms with Crippen LogP contribution in [0.5, 0.6) is 0 Å². The van der Waals surface area contributed by atoms with Gasteiger partial charge in [-0.3, -0.25) is 4.79 Å². The van der Waals surface area contributed by atoms with E-state index in [-0.39, 0.29) is 18.1 Å². The Labute approximate surface area is 114 Å². The average molecular weight is 262 g/mol. The Kier molecular flexibility index (Phi) is 4.80. The van der Waals surface area contributed by atoms with Gasteiger partial charge in [-0.1, -0.05) is 12.1 Å². The van der Waals surface area contributed by atoms with Crippen LogP contribution in [0.4, 0.5) is 5.69 Å². The molecule has 0 heterocycles. The maximum atomic E-state index is 11.8. The molecule has 2 rings (SSSR count). The summed E-state index contributed by atoms with van der Waals surface area (Å²) in [5.41, 5.74) is 7.53. The van der Waals surface area contributed by atoms with Crippen molar-refractivity contribution in [2.75, 3.05) is 5.73 Å². The first-order valence-corrected chi connectivity index (χ1v) is 6.95. The largest absolute Gasteiger partial charge is 0.399 e. The van der Waals surface area contributed by atoms with Crippen molar-refractivity contribution in [1.82, 2.24) is 5.32 Å². The topological polar surface area (TPSA) is 75.4 Å². The normalized spacial score (nSPS) is 23.0. The zero-order chi connectivity index (χ0) is 13.7. The first-order valence-electron chi connectivity index (χ1n) is 6.95. The molecule has 0 atom stereocenters. The van der Waals surface area contributed by atoms with E-state index >= 15 is 0 Å². The van der Waals surface area contributed by atoms with Gasteiger partial charge in [0.25, 0.3) is 0 Å². The van der Waals surface area contributed by atoms with Gasteiger partial charge in [0.15, 0.2) is 0 Å². The maximum absolute atomic E-state index is 11.8. The Hall–Kier alpha value is -1.55. The third-order valence-electron chi connectivity index (χ3n) is 3.65. The van der Waals surface area contributed by atoms with Crippen LogP contribution in [0, 0.1) is 0 Å². The van der Waals surface area contributed by atoms with Gasteiger partial charge in [0.2, 0.25) is 5.91 Å². The van der Waals surface area contributed by atoms with Gasteiger partial charge in [-0.05, 0) is 49.8 Å². The molecule has 0 bridgehead atoms. The third kappa shape index (κ3) is 4.56. The molecule has 0 saturated heterocycles. The lowest BCUT2D eigenvalue weighted by Gasteiger charge is -2.26. The number of nitrogens with one attached hydrogen (secondary N) is 1. The summed E-state index contributed by atoms with van der Waals surface area (Å²) in [5, 5.41) is 12.5. The van der Waals surface area contributed by atoms with Crippen LogP contribution in [0.2, 0.25) is 0 Å². The molecule has 0 spiro atoms. The molecule has 1 aromatic carbocycles. The summed E-state index contributed by atoms with van der Waals surface area (Å²) in [6, 6.07) is 7.88. The lowest BCUT2D eigenvalue weighted by atomic mass is 9.93. The molecular weight excluding hydrogens is 240 g/mol. The highest BCUT2D eigenvalue weighted by atomic mass is 16.3. The number of carbonyl (C=O) groups excluding carboxylic acids is 1. The van der Waals surface area contributed by atoms with Crippen molar-refractivity contribution >= 4 is 11.6 Å². The fraction of sp³-hybridized carbons (Fsp3) is 0.533. The zero-order valence-electron chi connectivity index (χ0n) is 11.1. The second-order valence-corrected chi connectivity index (χ2v) is 5.32. The molecule has 4 N–H and O–H groups in total. The summed E-state index contributed by atoms with van der Waals surface area (Å²) < 4.78 is 0. The van der Waals surface area contributed by atoms with Gasteiger partial charge in [-0.2, -0.15) is 0 Å². The van der Waals surface area contributed by atoms with E-state index in [0.717, 1.165) is 36.9 Å². The van der Waals surface area contributed by atoms with Crippen LogP contribution in [0.25, 0.3) is 0 Å². The summed E-state index contributed by atoms with van der Waals surface area (Å²) in [6.07, 6.45) is 4.37. The van der Waals surface area contributed by atoms with Gasteiger partial charge in [0.1, 0.15) is 0 Å². The number of amides is 1. The Morgan fingerprint density at radius 2 is 2.05 bits per heavy atom. The second kappa shape index (κ2) is 6.57. The number of nitrogens with two attached hydrogens (primary N) is 1. The van der Waals surface area contributed by atoms with Gasteiger partial charge in [0, 0.05) is 18.2 Å². The van der Waals surface area contributed by atoms with Crippen molar-refractivity contribution in [3.05, 3.63) is 29.8 Å². The number of nitrogen functional groups attached to an aromatic ring is 1. The van der Waals surface area contributed by atoms with E-state index in [4.69, 9.17) is 5.73 Å². The molecule has 0 aromatic heterocycles. The number of hydrogen-bond donors (Lipinski definition) is 3. The molecule has 1 aliphatic rings. The van der Waals surface area contributed by atoms with E-state index < -0.39 is 0 Å². The first kappa shape index (κ1) is 13.9. The smallest absolute Gasteiger partial charge is 0.220 e. The minimum absolute atomic E-state index is 0.0869. The zero-order valence-corrected chi connectivity index (χ0v) is 11.1. The van der Waals surface area contributed by atoms with Crippen LogP contribution in [-0.4, -0.2) is 23.2 Å².